The monoisotopic (exact) mass is 383 g/mol. The minimum absolute atomic E-state index is 0.0453. The smallest absolute Gasteiger partial charge is 0.306 e. The van der Waals surface area contributed by atoms with Crippen LogP contribution in [0.4, 0.5) is 5.69 Å². The number of carbonyl (C=O) groups excluding carboxylic acids is 3. The summed E-state index contributed by atoms with van der Waals surface area (Å²) in [5.41, 5.74) is 3.05. The molecule has 148 valence electrons. The highest BCUT2D eigenvalue weighted by molar-refractivity contribution is 5.99. The van der Waals surface area contributed by atoms with Crippen LogP contribution in [0.3, 0.4) is 0 Å². The molecule has 0 aliphatic heterocycles. The van der Waals surface area contributed by atoms with Crippen molar-refractivity contribution in [3.63, 3.8) is 0 Å². The normalized spacial score (nSPS) is 10.2. The van der Waals surface area contributed by atoms with E-state index in [4.69, 9.17) is 9.47 Å². The fourth-order valence-electron chi connectivity index (χ4n) is 2.60. The van der Waals surface area contributed by atoms with Crippen LogP contribution in [-0.4, -0.2) is 30.9 Å². The maximum Gasteiger partial charge on any atom is 0.306 e. The van der Waals surface area contributed by atoms with Crippen molar-refractivity contribution in [3.8, 4) is 5.75 Å². The summed E-state index contributed by atoms with van der Waals surface area (Å²) in [4.78, 5) is 36.0. The van der Waals surface area contributed by atoms with Gasteiger partial charge in [0.25, 0.3) is 5.91 Å². The zero-order valence-electron chi connectivity index (χ0n) is 16.4. The molecule has 0 fully saturated rings. The van der Waals surface area contributed by atoms with Gasteiger partial charge in [-0.15, -0.1) is 0 Å². The van der Waals surface area contributed by atoms with E-state index in [0.29, 0.717) is 23.6 Å². The summed E-state index contributed by atoms with van der Waals surface area (Å²) in [6.07, 6.45) is -0.0216. The molecular weight excluding hydrogens is 358 g/mol. The Hall–Kier alpha value is -3.15. The number of rotatable bonds is 9. The predicted octanol–water partition coefficient (Wildman–Crippen LogP) is 3.85. The van der Waals surface area contributed by atoms with Crippen LogP contribution < -0.4 is 10.1 Å². The molecule has 0 saturated heterocycles. The zero-order chi connectivity index (χ0) is 20.5. The van der Waals surface area contributed by atoms with Crippen molar-refractivity contribution in [1.29, 1.82) is 0 Å². The predicted molar refractivity (Wildman–Crippen MR) is 107 cm³/mol. The fraction of sp³-hybridized carbons (Fsp3) is 0.318. The van der Waals surface area contributed by atoms with E-state index < -0.39 is 18.5 Å². The molecule has 6 heteroatoms. The highest BCUT2D eigenvalue weighted by atomic mass is 16.5. The van der Waals surface area contributed by atoms with Gasteiger partial charge in [0.2, 0.25) is 0 Å². The van der Waals surface area contributed by atoms with Gasteiger partial charge in [-0.3, -0.25) is 14.4 Å². The van der Waals surface area contributed by atoms with Crippen LogP contribution in [0.5, 0.6) is 5.75 Å². The molecule has 0 radical (unpaired) electrons. The Balaban J connectivity index is 1.75. The summed E-state index contributed by atoms with van der Waals surface area (Å²) >= 11 is 0. The standard InChI is InChI=1S/C22H25NO5/c1-4-27-18-9-7-17(8-10-18)23-21(25)14-28-22(26)12-11-20(24)19-13-15(2)5-6-16(19)3/h5-10,13H,4,11-12,14H2,1-3H3,(H,23,25). The van der Waals surface area contributed by atoms with Gasteiger partial charge >= 0.3 is 5.97 Å². The molecule has 0 aromatic heterocycles. The van der Waals surface area contributed by atoms with Gasteiger partial charge in [0, 0.05) is 17.7 Å². The minimum Gasteiger partial charge on any atom is -0.494 e. The van der Waals surface area contributed by atoms with Crippen molar-refractivity contribution in [2.75, 3.05) is 18.5 Å². The van der Waals surface area contributed by atoms with Crippen LogP contribution in [0.15, 0.2) is 42.5 Å². The molecule has 0 aliphatic carbocycles. The van der Waals surface area contributed by atoms with Gasteiger partial charge in [-0.05, 0) is 56.7 Å². The third kappa shape index (κ3) is 6.54. The molecule has 0 aliphatic rings. The van der Waals surface area contributed by atoms with Gasteiger partial charge < -0.3 is 14.8 Å². The van der Waals surface area contributed by atoms with Crippen LogP contribution in [0, 0.1) is 13.8 Å². The Morgan fingerprint density at radius 3 is 2.36 bits per heavy atom. The summed E-state index contributed by atoms with van der Waals surface area (Å²) in [6, 6.07) is 12.5. The molecule has 2 aromatic carbocycles. The summed E-state index contributed by atoms with van der Waals surface area (Å²) in [7, 11) is 0. The van der Waals surface area contributed by atoms with E-state index in [1.54, 1.807) is 24.3 Å². The lowest BCUT2D eigenvalue weighted by molar-refractivity contribution is -0.147. The maximum atomic E-state index is 12.3. The first-order chi connectivity index (χ1) is 13.4. The molecule has 6 nitrogen and oxygen atoms in total. The van der Waals surface area contributed by atoms with Crippen LogP contribution >= 0.6 is 0 Å². The second kappa shape index (κ2) is 10.3. The number of esters is 1. The summed E-state index contributed by atoms with van der Waals surface area (Å²) in [6.45, 7) is 5.82. The Labute approximate surface area is 164 Å². The maximum absolute atomic E-state index is 12.3. The molecule has 0 spiro atoms. The molecule has 1 amide bonds. The third-order valence-electron chi connectivity index (χ3n) is 4.06. The molecule has 0 unspecified atom stereocenters. The van der Waals surface area contributed by atoms with Crippen molar-refractivity contribution in [3.05, 3.63) is 59.2 Å². The fourth-order valence-corrected chi connectivity index (χ4v) is 2.60. The molecule has 0 bridgehead atoms. The van der Waals surface area contributed by atoms with Crippen molar-refractivity contribution in [2.24, 2.45) is 0 Å². The zero-order valence-corrected chi connectivity index (χ0v) is 16.4. The minimum atomic E-state index is -0.583. The van der Waals surface area contributed by atoms with Crippen molar-refractivity contribution < 1.29 is 23.9 Å². The lowest BCUT2D eigenvalue weighted by atomic mass is 9.99. The first-order valence-corrected chi connectivity index (χ1v) is 9.18. The molecule has 2 rings (SSSR count). The van der Waals surface area contributed by atoms with Crippen LogP contribution in [-0.2, 0) is 14.3 Å². The van der Waals surface area contributed by atoms with Gasteiger partial charge in [-0.2, -0.15) is 0 Å². The highest BCUT2D eigenvalue weighted by Crippen LogP contribution is 2.16. The van der Waals surface area contributed by atoms with E-state index in [0.717, 1.165) is 11.1 Å². The van der Waals surface area contributed by atoms with E-state index >= 15 is 0 Å². The number of ketones is 1. The number of hydrogen-bond acceptors (Lipinski definition) is 5. The Morgan fingerprint density at radius 2 is 1.68 bits per heavy atom. The number of nitrogens with one attached hydrogen (secondary N) is 1. The average Bonchev–Trinajstić information content (AvgIpc) is 2.68. The summed E-state index contributed by atoms with van der Waals surface area (Å²) in [5.74, 6) is -0.434. The van der Waals surface area contributed by atoms with E-state index in [1.807, 2.05) is 39.0 Å². The SMILES string of the molecule is CCOc1ccc(NC(=O)COC(=O)CCC(=O)c2cc(C)ccc2C)cc1. The number of amides is 1. The number of aryl methyl sites for hydroxylation is 2. The van der Waals surface area contributed by atoms with Crippen molar-refractivity contribution in [1.82, 2.24) is 0 Å². The van der Waals surface area contributed by atoms with Gasteiger partial charge in [0.05, 0.1) is 13.0 Å². The quantitative estimate of drug-likeness (QED) is 0.525. The second-order valence-electron chi connectivity index (χ2n) is 6.41. The number of hydrogen-bond donors (Lipinski definition) is 1. The lowest BCUT2D eigenvalue weighted by Crippen LogP contribution is -2.21. The third-order valence-corrected chi connectivity index (χ3v) is 4.06. The van der Waals surface area contributed by atoms with Crippen LogP contribution in [0.25, 0.3) is 0 Å². The van der Waals surface area contributed by atoms with Gasteiger partial charge in [-0.1, -0.05) is 17.7 Å². The molecule has 0 heterocycles. The number of ether oxygens (including phenoxy) is 2. The Morgan fingerprint density at radius 1 is 0.964 bits per heavy atom. The molecule has 0 saturated carbocycles. The molecule has 1 N–H and O–H groups in total. The van der Waals surface area contributed by atoms with Gasteiger partial charge in [0.1, 0.15) is 5.75 Å². The number of Topliss-reactive ketones (excluding diaryl/α,β-unsaturated/α-hetero) is 1. The van der Waals surface area contributed by atoms with Gasteiger partial charge in [0.15, 0.2) is 12.4 Å². The molecule has 0 atom stereocenters. The second-order valence-corrected chi connectivity index (χ2v) is 6.41. The van der Waals surface area contributed by atoms with E-state index in [-0.39, 0.29) is 18.6 Å². The first kappa shape index (κ1) is 21.2. The topological polar surface area (TPSA) is 81.7 Å². The van der Waals surface area contributed by atoms with E-state index in [1.165, 1.54) is 0 Å². The Bertz CT molecular complexity index is 843. The first-order valence-electron chi connectivity index (χ1n) is 9.18. The van der Waals surface area contributed by atoms with Crippen LogP contribution in [0.1, 0.15) is 41.3 Å². The average molecular weight is 383 g/mol. The number of carbonyl (C=O) groups is 3. The van der Waals surface area contributed by atoms with Gasteiger partial charge in [-0.25, -0.2) is 0 Å². The lowest BCUT2D eigenvalue weighted by Gasteiger charge is -2.08. The van der Waals surface area contributed by atoms with Crippen molar-refractivity contribution >= 4 is 23.3 Å². The summed E-state index contributed by atoms with van der Waals surface area (Å²) in [5, 5.41) is 2.63. The molecular formula is C22H25NO5. The highest BCUT2D eigenvalue weighted by Gasteiger charge is 2.14. The largest absolute Gasteiger partial charge is 0.494 e. The number of benzene rings is 2. The molecule has 28 heavy (non-hydrogen) atoms. The van der Waals surface area contributed by atoms with Crippen molar-refractivity contribution in [2.45, 2.75) is 33.6 Å². The molecule has 2 aromatic rings. The van der Waals surface area contributed by atoms with Crippen LogP contribution in [0.2, 0.25) is 0 Å². The Kier molecular flexibility index (Phi) is 7.75. The van der Waals surface area contributed by atoms with E-state index in [9.17, 15) is 14.4 Å². The van der Waals surface area contributed by atoms with E-state index in [2.05, 4.69) is 5.32 Å². The number of anilines is 1. The summed E-state index contributed by atoms with van der Waals surface area (Å²) < 4.78 is 10.3.